The number of nitrogens with two attached hydrogens (primary N) is 1. The summed E-state index contributed by atoms with van der Waals surface area (Å²) in [5.41, 5.74) is 6.05. The number of nitrogens with zero attached hydrogens (tertiary/aromatic N) is 1. The molecule has 3 N–H and O–H groups in total. The smallest absolute Gasteiger partial charge is 0.194 e. The number of hydrogen-bond donors (Lipinski definition) is 2. The number of aromatic nitrogens is 1. The van der Waals surface area contributed by atoms with Crippen molar-refractivity contribution in [1.29, 1.82) is 0 Å². The van der Waals surface area contributed by atoms with Crippen LogP contribution in [0.25, 0.3) is 0 Å². The van der Waals surface area contributed by atoms with Crippen molar-refractivity contribution in [2.75, 3.05) is 0 Å². The Labute approximate surface area is 71.0 Å². The maximum absolute atomic E-state index is 8.93. The first-order valence-corrected chi connectivity index (χ1v) is 3.72. The zero-order chi connectivity index (χ0) is 8.97. The lowest BCUT2D eigenvalue weighted by Gasteiger charge is -2.10. The van der Waals surface area contributed by atoms with E-state index in [1.54, 1.807) is 18.3 Å². The Morgan fingerprint density at radius 1 is 1.75 bits per heavy atom. The molecule has 0 aromatic carbocycles. The summed E-state index contributed by atoms with van der Waals surface area (Å²) in [6.07, 6.45) is 0.802. The Balaban J connectivity index is 2.82. The zero-order valence-corrected chi connectivity index (χ0v) is 6.90. The summed E-state index contributed by atoms with van der Waals surface area (Å²) in [6, 6.07) is 3.46. The van der Waals surface area contributed by atoms with E-state index in [1.807, 2.05) is 0 Å². The molecular formula is C8H12N2O2. The summed E-state index contributed by atoms with van der Waals surface area (Å²) in [6.45, 7) is 1.84. The van der Waals surface area contributed by atoms with Gasteiger partial charge >= 0.3 is 0 Å². The molecule has 0 fully saturated rings. The predicted molar refractivity (Wildman–Crippen MR) is 44.4 cm³/mol. The van der Waals surface area contributed by atoms with Crippen molar-refractivity contribution in [3.05, 3.63) is 24.0 Å². The molecule has 0 saturated heterocycles. The first-order chi connectivity index (χ1) is 5.74. The Morgan fingerprint density at radius 2 is 2.50 bits per heavy atom. The molecule has 0 saturated carbocycles. The van der Waals surface area contributed by atoms with Crippen molar-refractivity contribution >= 4 is 0 Å². The second-order valence-electron chi connectivity index (χ2n) is 2.37. The van der Waals surface area contributed by atoms with E-state index in [0.29, 0.717) is 18.0 Å². The molecule has 4 nitrogen and oxygen atoms in total. The molecular weight excluding hydrogens is 156 g/mol. The number of rotatable bonds is 3. The third kappa shape index (κ3) is 2.18. The third-order valence-electron chi connectivity index (χ3n) is 1.34. The molecule has 0 amide bonds. The summed E-state index contributed by atoms with van der Waals surface area (Å²) >= 11 is 0. The van der Waals surface area contributed by atoms with E-state index in [-0.39, 0.29) is 0 Å². The molecule has 0 aliphatic rings. The Morgan fingerprint density at radius 3 is 3.08 bits per heavy atom. The molecule has 1 heterocycles. The molecule has 1 atom stereocenters. The highest BCUT2D eigenvalue weighted by Crippen LogP contribution is 2.15. The van der Waals surface area contributed by atoms with Crippen LogP contribution in [-0.4, -0.2) is 16.4 Å². The van der Waals surface area contributed by atoms with Gasteiger partial charge in [-0.15, -0.1) is 0 Å². The van der Waals surface area contributed by atoms with E-state index in [9.17, 15) is 0 Å². The van der Waals surface area contributed by atoms with Crippen molar-refractivity contribution in [3.8, 4) is 5.75 Å². The van der Waals surface area contributed by atoms with Crippen molar-refractivity contribution in [2.45, 2.75) is 19.8 Å². The SMILES string of the molecule is CC(O)Oc1cccnc1CN. The molecule has 1 aromatic rings. The normalized spacial score (nSPS) is 12.6. The highest BCUT2D eigenvalue weighted by atomic mass is 16.6. The van der Waals surface area contributed by atoms with E-state index >= 15 is 0 Å². The maximum Gasteiger partial charge on any atom is 0.194 e. The predicted octanol–water partition coefficient (Wildman–Crippen LogP) is 0.257. The van der Waals surface area contributed by atoms with Gasteiger partial charge in [-0.2, -0.15) is 0 Å². The van der Waals surface area contributed by atoms with Crippen LogP contribution in [0.3, 0.4) is 0 Å². The van der Waals surface area contributed by atoms with Gasteiger partial charge in [0.15, 0.2) is 6.29 Å². The lowest BCUT2D eigenvalue weighted by molar-refractivity contribution is -0.00131. The quantitative estimate of drug-likeness (QED) is 0.635. The van der Waals surface area contributed by atoms with Gasteiger partial charge < -0.3 is 15.6 Å². The standard InChI is InChI=1S/C8H12N2O2/c1-6(11)12-8-3-2-4-10-7(8)5-9/h2-4,6,11H,5,9H2,1H3. The van der Waals surface area contributed by atoms with E-state index in [1.165, 1.54) is 6.92 Å². The molecule has 0 aliphatic heterocycles. The highest BCUT2D eigenvalue weighted by molar-refractivity contribution is 5.26. The third-order valence-corrected chi connectivity index (χ3v) is 1.34. The molecule has 1 aromatic heterocycles. The van der Waals surface area contributed by atoms with Gasteiger partial charge in [0, 0.05) is 12.7 Å². The number of hydrogen-bond acceptors (Lipinski definition) is 4. The van der Waals surface area contributed by atoms with Gasteiger partial charge in [-0.05, 0) is 19.1 Å². The second-order valence-corrected chi connectivity index (χ2v) is 2.37. The van der Waals surface area contributed by atoms with Crippen molar-refractivity contribution in [2.24, 2.45) is 5.73 Å². The van der Waals surface area contributed by atoms with Crippen LogP contribution in [0.2, 0.25) is 0 Å². The van der Waals surface area contributed by atoms with Gasteiger partial charge in [-0.1, -0.05) is 0 Å². The lowest BCUT2D eigenvalue weighted by atomic mass is 10.3. The fourth-order valence-electron chi connectivity index (χ4n) is 0.868. The Bertz CT molecular complexity index is 251. The van der Waals surface area contributed by atoms with Crippen LogP contribution in [0, 0.1) is 0 Å². The first-order valence-electron chi connectivity index (χ1n) is 3.72. The Hall–Kier alpha value is -1.13. The van der Waals surface area contributed by atoms with E-state index in [4.69, 9.17) is 15.6 Å². The minimum atomic E-state index is -0.834. The second kappa shape index (κ2) is 4.04. The molecule has 12 heavy (non-hydrogen) atoms. The van der Waals surface area contributed by atoms with E-state index in [0.717, 1.165) is 0 Å². The van der Waals surface area contributed by atoms with Gasteiger partial charge in [-0.3, -0.25) is 4.98 Å². The summed E-state index contributed by atoms with van der Waals surface area (Å²) in [5.74, 6) is 0.537. The zero-order valence-electron chi connectivity index (χ0n) is 6.90. The molecule has 1 unspecified atom stereocenters. The van der Waals surface area contributed by atoms with Gasteiger partial charge in [0.2, 0.25) is 0 Å². The minimum Gasteiger partial charge on any atom is -0.464 e. The monoisotopic (exact) mass is 168 g/mol. The van der Waals surface area contributed by atoms with Crippen LogP contribution in [0.4, 0.5) is 0 Å². The minimum absolute atomic E-state index is 0.308. The maximum atomic E-state index is 8.93. The van der Waals surface area contributed by atoms with Crippen molar-refractivity contribution in [3.63, 3.8) is 0 Å². The van der Waals surface area contributed by atoms with Gasteiger partial charge in [-0.25, -0.2) is 0 Å². The molecule has 1 rings (SSSR count). The fourth-order valence-corrected chi connectivity index (χ4v) is 0.868. The number of pyridine rings is 1. The summed E-state index contributed by atoms with van der Waals surface area (Å²) in [5, 5.41) is 8.93. The van der Waals surface area contributed by atoms with Crippen molar-refractivity contribution < 1.29 is 9.84 Å². The van der Waals surface area contributed by atoms with Crippen LogP contribution in [0.5, 0.6) is 5.75 Å². The average molecular weight is 168 g/mol. The van der Waals surface area contributed by atoms with Crippen LogP contribution >= 0.6 is 0 Å². The molecule has 0 bridgehead atoms. The average Bonchev–Trinajstić information content (AvgIpc) is 2.04. The van der Waals surface area contributed by atoms with Gasteiger partial charge in [0.25, 0.3) is 0 Å². The first kappa shape index (κ1) is 8.96. The van der Waals surface area contributed by atoms with Gasteiger partial charge in [0.05, 0.1) is 5.69 Å². The summed E-state index contributed by atoms with van der Waals surface area (Å²) in [4.78, 5) is 3.99. The fraction of sp³-hybridized carbons (Fsp3) is 0.375. The number of aliphatic hydroxyl groups excluding tert-OH is 1. The molecule has 0 radical (unpaired) electrons. The van der Waals surface area contributed by atoms with Crippen LogP contribution in [0.15, 0.2) is 18.3 Å². The molecule has 66 valence electrons. The Kier molecular flexibility index (Phi) is 3.01. The van der Waals surface area contributed by atoms with Crippen LogP contribution < -0.4 is 10.5 Å². The number of aliphatic hydroxyl groups is 1. The van der Waals surface area contributed by atoms with Crippen LogP contribution in [-0.2, 0) is 6.54 Å². The van der Waals surface area contributed by atoms with Crippen molar-refractivity contribution in [1.82, 2.24) is 4.98 Å². The van der Waals surface area contributed by atoms with E-state index < -0.39 is 6.29 Å². The summed E-state index contributed by atoms with van der Waals surface area (Å²) in [7, 11) is 0. The van der Waals surface area contributed by atoms with Gasteiger partial charge in [0.1, 0.15) is 5.75 Å². The van der Waals surface area contributed by atoms with Crippen LogP contribution in [0.1, 0.15) is 12.6 Å². The lowest BCUT2D eigenvalue weighted by Crippen LogP contribution is -2.12. The number of ether oxygens (including phenoxy) is 1. The summed E-state index contributed by atoms with van der Waals surface area (Å²) < 4.78 is 5.05. The molecule has 4 heteroatoms. The largest absolute Gasteiger partial charge is 0.464 e. The van der Waals surface area contributed by atoms with E-state index in [2.05, 4.69) is 4.98 Å². The topological polar surface area (TPSA) is 68.4 Å². The molecule has 0 aliphatic carbocycles. The highest BCUT2D eigenvalue weighted by Gasteiger charge is 2.04. The molecule has 0 spiro atoms.